The molecule has 1 amide bonds. The van der Waals surface area contributed by atoms with Gasteiger partial charge in [0.05, 0.1) is 0 Å². The lowest BCUT2D eigenvalue weighted by Gasteiger charge is -1.80. The SMILES string of the molecule is NC(=O)C=CC(=O)O.O=C1C=CC(=O)O1. The minimum Gasteiger partial charge on any atom is -0.478 e. The van der Waals surface area contributed by atoms with Crippen molar-refractivity contribution in [2.24, 2.45) is 5.73 Å². The summed E-state index contributed by atoms with van der Waals surface area (Å²) in [5, 5.41) is 7.87. The van der Waals surface area contributed by atoms with Crippen molar-refractivity contribution in [1.82, 2.24) is 0 Å². The number of carbonyl (C=O) groups is 4. The fourth-order valence-corrected chi connectivity index (χ4v) is 0.457. The Bertz CT molecular complexity index is 322. The number of primary amides is 1. The predicted octanol–water partition coefficient (Wildman–Crippen LogP) is -1.26. The number of esters is 2. The van der Waals surface area contributed by atoms with Crippen LogP contribution in [-0.2, 0) is 23.9 Å². The zero-order chi connectivity index (χ0) is 11.8. The number of carboxylic acid groups (broad SMARTS) is 1. The van der Waals surface area contributed by atoms with Gasteiger partial charge in [-0.2, -0.15) is 0 Å². The summed E-state index contributed by atoms with van der Waals surface area (Å²) in [5.41, 5.74) is 4.55. The molecule has 0 radical (unpaired) electrons. The maximum absolute atomic E-state index is 9.92. The van der Waals surface area contributed by atoms with Crippen LogP contribution in [0.15, 0.2) is 24.3 Å². The van der Waals surface area contributed by atoms with Crippen LogP contribution in [-0.4, -0.2) is 28.9 Å². The molecule has 1 heterocycles. The molecule has 1 rings (SSSR count). The van der Waals surface area contributed by atoms with Crippen molar-refractivity contribution in [3.63, 3.8) is 0 Å². The number of aliphatic carboxylic acids is 1. The normalized spacial score (nSPS) is 13.3. The minimum atomic E-state index is -1.18. The molecule has 7 nitrogen and oxygen atoms in total. The maximum Gasteiger partial charge on any atom is 0.338 e. The number of carboxylic acids is 1. The van der Waals surface area contributed by atoms with Crippen LogP contribution in [0.3, 0.4) is 0 Å². The summed E-state index contributed by atoms with van der Waals surface area (Å²) < 4.78 is 3.97. The Morgan fingerprint density at radius 3 is 1.80 bits per heavy atom. The zero-order valence-electron chi connectivity index (χ0n) is 7.38. The van der Waals surface area contributed by atoms with Crippen molar-refractivity contribution >= 4 is 23.8 Å². The van der Waals surface area contributed by atoms with E-state index >= 15 is 0 Å². The summed E-state index contributed by atoms with van der Waals surface area (Å²) in [4.78, 5) is 39.2. The summed E-state index contributed by atoms with van der Waals surface area (Å²) in [6.07, 6.45) is 3.63. The van der Waals surface area contributed by atoms with E-state index in [0.717, 1.165) is 18.2 Å². The van der Waals surface area contributed by atoms with E-state index in [1.165, 1.54) is 0 Å². The predicted molar refractivity (Wildman–Crippen MR) is 46.2 cm³/mol. The molecule has 0 aliphatic carbocycles. The number of hydrogen-bond acceptors (Lipinski definition) is 5. The number of cyclic esters (lactones) is 2. The summed E-state index contributed by atoms with van der Waals surface area (Å²) in [6.45, 7) is 0. The second-order valence-corrected chi connectivity index (χ2v) is 2.15. The average molecular weight is 213 g/mol. The van der Waals surface area contributed by atoms with Gasteiger partial charge in [-0.05, 0) is 0 Å². The van der Waals surface area contributed by atoms with E-state index in [1.54, 1.807) is 0 Å². The smallest absolute Gasteiger partial charge is 0.338 e. The van der Waals surface area contributed by atoms with Crippen LogP contribution in [0.25, 0.3) is 0 Å². The van der Waals surface area contributed by atoms with Crippen molar-refractivity contribution in [3.8, 4) is 0 Å². The average Bonchev–Trinajstić information content (AvgIpc) is 2.47. The molecule has 0 spiro atoms. The molecule has 0 aromatic carbocycles. The molecular weight excluding hydrogens is 206 g/mol. The fraction of sp³-hybridized carbons (Fsp3) is 0. The highest BCUT2D eigenvalue weighted by atomic mass is 16.6. The second-order valence-electron chi connectivity index (χ2n) is 2.15. The molecule has 15 heavy (non-hydrogen) atoms. The zero-order valence-corrected chi connectivity index (χ0v) is 7.38. The highest BCUT2D eigenvalue weighted by Crippen LogP contribution is 1.92. The lowest BCUT2D eigenvalue weighted by molar-refractivity contribution is -0.150. The standard InChI is InChI=1S/C4H5NO3.C4H2O3/c5-3(6)1-2-4(7)8;5-3-1-2-4(6)7-3/h1-2H,(H2,5,6)(H,7,8);1-2H. The lowest BCUT2D eigenvalue weighted by atomic mass is 10.5. The molecular formula is C8H7NO6. The Hall–Kier alpha value is -2.44. The van der Waals surface area contributed by atoms with Gasteiger partial charge in [0.1, 0.15) is 0 Å². The van der Waals surface area contributed by atoms with Gasteiger partial charge in [0.2, 0.25) is 5.91 Å². The van der Waals surface area contributed by atoms with Gasteiger partial charge in [-0.25, -0.2) is 14.4 Å². The van der Waals surface area contributed by atoms with Crippen LogP contribution in [0.2, 0.25) is 0 Å². The van der Waals surface area contributed by atoms with Crippen LogP contribution >= 0.6 is 0 Å². The first-order chi connectivity index (χ1) is 6.91. The minimum absolute atomic E-state index is 0.579. The van der Waals surface area contributed by atoms with Gasteiger partial charge in [0, 0.05) is 24.3 Å². The first-order valence-corrected chi connectivity index (χ1v) is 3.56. The monoisotopic (exact) mass is 213 g/mol. The van der Waals surface area contributed by atoms with Crippen LogP contribution in [0, 0.1) is 0 Å². The van der Waals surface area contributed by atoms with E-state index in [-0.39, 0.29) is 0 Å². The number of nitrogens with two attached hydrogens (primary N) is 1. The molecule has 0 fully saturated rings. The topological polar surface area (TPSA) is 124 Å². The molecule has 3 N–H and O–H groups in total. The third-order valence-corrected chi connectivity index (χ3v) is 0.947. The number of amides is 1. The third-order valence-electron chi connectivity index (χ3n) is 0.947. The van der Waals surface area contributed by atoms with Crippen molar-refractivity contribution in [2.45, 2.75) is 0 Å². The summed E-state index contributed by atoms with van der Waals surface area (Å²) >= 11 is 0. The summed E-state index contributed by atoms with van der Waals surface area (Å²) in [5.74, 6) is -3.09. The Balaban J connectivity index is 0.000000262. The van der Waals surface area contributed by atoms with E-state index in [0.29, 0.717) is 6.08 Å². The Morgan fingerprint density at radius 2 is 1.67 bits per heavy atom. The third kappa shape index (κ3) is 7.91. The Kier molecular flexibility index (Phi) is 5.09. The van der Waals surface area contributed by atoms with Gasteiger partial charge < -0.3 is 15.6 Å². The maximum atomic E-state index is 9.92. The first-order valence-electron chi connectivity index (χ1n) is 3.56. The van der Waals surface area contributed by atoms with Crippen molar-refractivity contribution in [1.29, 1.82) is 0 Å². The second kappa shape index (κ2) is 6.08. The molecule has 0 saturated heterocycles. The van der Waals surface area contributed by atoms with Gasteiger partial charge in [-0.15, -0.1) is 0 Å². The van der Waals surface area contributed by atoms with Gasteiger partial charge in [0.15, 0.2) is 0 Å². The van der Waals surface area contributed by atoms with Gasteiger partial charge in [-0.3, -0.25) is 4.79 Å². The van der Waals surface area contributed by atoms with E-state index < -0.39 is 23.8 Å². The lowest BCUT2D eigenvalue weighted by Crippen LogP contribution is -2.06. The largest absolute Gasteiger partial charge is 0.478 e. The van der Waals surface area contributed by atoms with Gasteiger partial charge in [-0.1, -0.05) is 0 Å². The number of rotatable bonds is 2. The number of carbonyl (C=O) groups excluding carboxylic acids is 3. The highest BCUT2D eigenvalue weighted by Gasteiger charge is 2.10. The van der Waals surface area contributed by atoms with Crippen LogP contribution in [0.5, 0.6) is 0 Å². The van der Waals surface area contributed by atoms with Crippen LogP contribution in [0.4, 0.5) is 0 Å². The highest BCUT2D eigenvalue weighted by molar-refractivity contribution is 6.04. The molecule has 0 aromatic heterocycles. The van der Waals surface area contributed by atoms with E-state index in [4.69, 9.17) is 5.11 Å². The quantitative estimate of drug-likeness (QED) is 0.335. The van der Waals surface area contributed by atoms with Crippen LogP contribution in [0.1, 0.15) is 0 Å². The number of ether oxygens (including phenoxy) is 1. The molecule has 0 saturated carbocycles. The number of hydrogen-bond donors (Lipinski definition) is 2. The Morgan fingerprint density at radius 1 is 1.20 bits per heavy atom. The van der Waals surface area contributed by atoms with Gasteiger partial charge >= 0.3 is 17.9 Å². The van der Waals surface area contributed by atoms with Crippen molar-refractivity contribution in [2.75, 3.05) is 0 Å². The fourth-order valence-electron chi connectivity index (χ4n) is 0.457. The molecule has 0 unspecified atom stereocenters. The molecule has 1 aliphatic heterocycles. The van der Waals surface area contributed by atoms with E-state index in [9.17, 15) is 19.2 Å². The van der Waals surface area contributed by atoms with Gasteiger partial charge in [0.25, 0.3) is 0 Å². The first kappa shape index (κ1) is 12.6. The Labute approximate surface area is 83.8 Å². The van der Waals surface area contributed by atoms with E-state index in [1.807, 2.05) is 0 Å². The molecule has 1 aliphatic rings. The van der Waals surface area contributed by atoms with Crippen molar-refractivity contribution in [3.05, 3.63) is 24.3 Å². The molecule has 80 valence electrons. The summed E-state index contributed by atoms with van der Waals surface area (Å²) in [6, 6.07) is 0. The summed E-state index contributed by atoms with van der Waals surface area (Å²) in [7, 11) is 0. The van der Waals surface area contributed by atoms with E-state index in [2.05, 4.69) is 10.5 Å². The van der Waals surface area contributed by atoms with Crippen molar-refractivity contribution < 1.29 is 29.0 Å². The molecule has 7 heteroatoms. The molecule has 0 aromatic rings. The van der Waals surface area contributed by atoms with Crippen LogP contribution < -0.4 is 5.73 Å². The molecule has 0 atom stereocenters. The molecule has 0 bridgehead atoms.